The smallest absolute Gasteiger partial charge is 0.283 e. The zero-order valence-corrected chi connectivity index (χ0v) is 15.9. The van der Waals surface area contributed by atoms with E-state index in [4.69, 9.17) is 10.5 Å². The summed E-state index contributed by atoms with van der Waals surface area (Å²) in [5.74, 6) is -7.07. The van der Waals surface area contributed by atoms with Gasteiger partial charge in [-0.15, -0.1) is 0 Å². The van der Waals surface area contributed by atoms with Crippen LogP contribution in [0.3, 0.4) is 0 Å². The number of benzene rings is 1. The van der Waals surface area contributed by atoms with Crippen molar-refractivity contribution < 1.29 is 31.5 Å². The van der Waals surface area contributed by atoms with Gasteiger partial charge in [0.1, 0.15) is 24.1 Å². The third-order valence-electron chi connectivity index (χ3n) is 5.53. The Morgan fingerprint density at radius 3 is 2.71 bits per heavy atom. The zero-order valence-electron chi connectivity index (χ0n) is 15.9. The minimum atomic E-state index is -3.16. The van der Waals surface area contributed by atoms with E-state index in [1.807, 2.05) is 0 Å². The number of pyridine rings is 1. The predicted molar refractivity (Wildman–Crippen MR) is 100 cm³/mol. The predicted octanol–water partition coefficient (Wildman–Crippen LogP) is 3.54. The first kappa shape index (κ1) is 21.0. The number of fused-ring (bicyclic) bond motifs is 1. The molecule has 0 bridgehead atoms. The van der Waals surface area contributed by atoms with Crippen LogP contribution in [0.2, 0.25) is 0 Å². The molecule has 1 aliphatic heterocycles. The highest BCUT2D eigenvalue weighted by atomic mass is 19.3. The maximum atomic E-state index is 14.8. The lowest BCUT2D eigenvalue weighted by molar-refractivity contribution is -0.00299. The largest absolute Gasteiger partial charge is 0.461 e. The van der Waals surface area contributed by atoms with Gasteiger partial charge >= 0.3 is 0 Å². The van der Waals surface area contributed by atoms with Crippen LogP contribution in [0.15, 0.2) is 41.5 Å². The average molecular weight is 440 g/mol. The molecule has 3 atom stereocenters. The Labute approximate surface area is 173 Å². The number of aliphatic imine (C=N–C) groups is 1. The van der Waals surface area contributed by atoms with Crippen molar-refractivity contribution in [2.24, 2.45) is 16.6 Å². The number of amides is 1. The monoisotopic (exact) mass is 440 g/mol. The van der Waals surface area contributed by atoms with Gasteiger partial charge in [-0.25, -0.2) is 31.9 Å². The molecule has 3 N–H and O–H groups in total. The van der Waals surface area contributed by atoms with Gasteiger partial charge in [0.05, 0.1) is 0 Å². The number of carbonyl (C=O) groups excluding carboxylic acids is 1. The summed E-state index contributed by atoms with van der Waals surface area (Å²) in [4.78, 5) is 19.9. The number of ether oxygens (including phenoxy) is 1. The van der Waals surface area contributed by atoms with Gasteiger partial charge in [0.15, 0.2) is 11.5 Å². The van der Waals surface area contributed by atoms with Crippen LogP contribution in [0.4, 0.5) is 27.6 Å². The standard InChI is InChI=1S/C20H17F5N4O2/c21-9-20(12-7-19(24,25)8-15(12)31-18(26)29-20)11-6-10(3-4-13(11)22)28-17(30)16-14(23)2-1-5-27-16/h1-6,12,15H,7-9H2,(H2,26,29)(H,28,30)/t12-,15+,20+/m0/s1. The molecular formula is C20H17F5N4O2. The Hall–Kier alpha value is -3.24. The molecule has 6 nitrogen and oxygen atoms in total. The van der Waals surface area contributed by atoms with Gasteiger partial charge in [-0.1, -0.05) is 0 Å². The molecule has 2 aliphatic rings. The maximum absolute atomic E-state index is 14.8. The number of hydrogen-bond donors (Lipinski definition) is 2. The van der Waals surface area contributed by atoms with Crippen molar-refractivity contribution >= 4 is 17.6 Å². The number of carbonyl (C=O) groups is 1. The van der Waals surface area contributed by atoms with Gasteiger partial charge in [0.2, 0.25) is 0 Å². The molecule has 2 heterocycles. The van der Waals surface area contributed by atoms with Crippen molar-refractivity contribution in [3.63, 3.8) is 0 Å². The number of rotatable bonds is 4. The minimum absolute atomic E-state index is 0.0270. The molecule has 0 saturated heterocycles. The van der Waals surface area contributed by atoms with Crippen molar-refractivity contribution in [2.75, 3.05) is 12.0 Å². The van der Waals surface area contributed by atoms with E-state index in [-0.39, 0.29) is 11.3 Å². The zero-order chi connectivity index (χ0) is 22.4. The summed E-state index contributed by atoms with van der Waals surface area (Å²) in [5, 5.41) is 2.34. The fourth-order valence-corrected chi connectivity index (χ4v) is 4.17. The second-order valence-electron chi connectivity index (χ2n) is 7.52. The number of nitrogens with one attached hydrogen (secondary N) is 1. The number of nitrogens with zero attached hydrogens (tertiary/aromatic N) is 2. The molecule has 0 unspecified atom stereocenters. The van der Waals surface area contributed by atoms with Gasteiger partial charge in [-0.05, 0) is 30.3 Å². The number of halogens is 5. The van der Waals surface area contributed by atoms with Crippen LogP contribution in [0, 0.1) is 17.6 Å². The van der Waals surface area contributed by atoms with E-state index in [1.54, 1.807) is 0 Å². The minimum Gasteiger partial charge on any atom is -0.461 e. The van der Waals surface area contributed by atoms with Crippen LogP contribution >= 0.6 is 0 Å². The van der Waals surface area contributed by atoms with Gasteiger partial charge < -0.3 is 15.8 Å². The molecule has 164 valence electrons. The Morgan fingerprint density at radius 2 is 2.00 bits per heavy atom. The number of nitrogens with two attached hydrogens (primary N) is 1. The molecule has 1 amide bonds. The van der Waals surface area contributed by atoms with E-state index in [1.165, 1.54) is 12.3 Å². The molecule has 0 radical (unpaired) electrons. The molecule has 0 spiro atoms. The van der Waals surface area contributed by atoms with Crippen molar-refractivity contribution in [1.29, 1.82) is 0 Å². The van der Waals surface area contributed by atoms with E-state index in [0.717, 1.165) is 24.3 Å². The molecule has 1 fully saturated rings. The van der Waals surface area contributed by atoms with Crippen LogP contribution in [0.25, 0.3) is 0 Å². The lowest BCUT2D eigenvalue weighted by atomic mass is 9.76. The lowest BCUT2D eigenvalue weighted by Gasteiger charge is -2.40. The summed E-state index contributed by atoms with van der Waals surface area (Å²) >= 11 is 0. The first-order valence-corrected chi connectivity index (χ1v) is 9.33. The molecular weight excluding hydrogens is 423 g/mol. The Bertz CT molecular complexity index is 1060. The number of anilines is 1. The topological polar surface area (TPSA) is 89.6 Å². The fraction of sp³-hybridized carbons (Fsp3) is 0.350. The number of hydrogen-bond acceptors (Lipinski definition) is 5. The van der Waals surface area contributed by atoms with Crippen molar-refractivity contribution in [3.8, 4) is 0 Å². The third-order valence-corrected chi connectivity index (χ3v) is 5.53. The van der Waals surface area contributed by atoms with E-state index >= 15 is 0 Å². The normalized spacial score (nSPS) is 26.5. The second-order valence-corrected chi connectivity index (χ2v) is 7.52. The molecule has 1 aromatic heterocycles. The fourth-order valence-electron chi connectivity index (χ4n) is 4.17. The van der Waals surface area contributed by atoms with Gasteiger partial charge in [0.25, 0.3) is 17.9 Å². The lowest BCUT2D eigenvalue weighted by Crippen LogP contribution is -2.48. The summed E-state index contributed by atoms with van der Waals surface area (Å²) in [5.41, 5.74) is 2.65. The van der Waals surface area contributed by atoms with Gasteiger partial charge in [-0.3, -0.25) is 4.79 Å². The molecule has 31 heavy (non-hydrogen) atoms. The highest BCUT2D eigenvalue weighted by Crippen LogP contribution is 2.53. The highest BCUT2D eigenvalue weighted by molar-refractivity contribution is 6.03. The van der Waals surface area contributed by atoms with Crippen LogP contribution in [0.5, 0.6) is 0 Å². The van der Waals surface area contributed by atoms with Crippen molar-refractivity contribution in [2.45, 2.75) is 30.4 Å². The summed E-state index contributed by atoms with van der Waals surface area (Å²) in [6, 6.07) is 4.98. The first-order chi connectivity index (χ1) is 14.6. The molecule has 1 aromatic carbocycles. The summed E-state index contributed by atoms with van der Waals surface area (Å²) in [6.07, 6.45) is -1.41. The Morgan fingerprint density at radius 1 is 1.23 bits per heavy atom. The van der Waals surface area contributed by atoms with Crippen molar-refractivity contribution in [1.82, 2.24) is 4.98 Å². The van der Waals surface area contributed by atoms with Crippen LogP contribution in [0.1, 0.15) is 28.9 Å². The quantitative estimate of drug-likeness (QED) is 0.712. The molecule has 4 rings (SSSR count). The van der Waals surface area contributed by atoms with Crippen LogP contribution < -0.4 is 11.1 Å². The molecule has 1 aliphatic carbocycles. The van der Waals surface area contributed by atoms with E-state index in [2.05, 4.69) is 15.3 Å². The molecule has 2 aromatic rings. The van der Waals surface area contributed by atoms with Crippen LogP contribution in [-0.2, 0) is 10.3 Å². The van der Waals surface area contributed by atoms with E-state index in [0.29, 0.717) is 0 Å². The van der Waals surface area contributed by atoms with Gasteiger partial charge in [-0.2, -0.15) is 0 Å². The Balaban J connectivity index is 1.74. The van der Waals surface area contributed by atoms with E-state index < -0.39 is 72.3 Å². The third kappa shape index (κ3) is 3.68. The van der Waals surface area contributed by atoms with Crippen LogP contribution in [-0.4, -0.2) is 35.6 Å². The summed E-state index contributed by atoms with van der Waals surface area (Å²) < 4.78 is 76.3. The Kier molecular flexibility index (Phi) is 5.06. The average Bonchev–Trinajstić information content (AvgIpc) is 3.03. The first-order valence-electron chi connectivity index (χ1n) is 9.33. The highest BCUT2D eigenvalue weighted by Gasteiger charge is 2.60. The van der Waals surface area contributed by atoms with Crippen molar-refractivity contribution in [3.05, 3.63) is 59.4 Å². The number of aromatic nitrogens is 1. The maximum Gasteiger partial charge on any atom is 0.283 e. The summed E-state index contributed by atoms with van der Waals surface area (Å²) in [6.45, 7) is -1.32. The van der Waals surface area contributed by atoms with Gasteiger partial charge in [0, 0.05) is 36.2 Å². The number of amidine groups is 1. The SMILES string of the molecule is NC1=N[C@](CF)(c2cc(NC(=O)c3ncccc3F)ccc2F)[C@H]2CC(F)(F)C[C@H]2O1. The molecule has 11 heteroatoms. The second kappa shape index (κ2) is 7.47. The van der Waals surface area contributed by atoms with E-state index in [9.17, 15) is 26.7 Å². The molecule has 1 saturated carbocycles. The number of alkyl halides is 3. The summed E-state index contributed by atoms with van der Waals surface area (Å²) in [7, 11) is 0.